The van der Waals surface area contributed by atoms with Crippen LogP contribution >= 0.6 is 0 Å². The molecule has 3 aromatic carbocycles. The van der Waals surface area contributed by atoms with Gasteiger partial charge >= 0.3 is 5.97 Å². The Morgan fingerprint density at radius 2 is 1.75 bits per heavy atom. The third-order valence-electron chi connectivity index (χ3n) is 4.80. The summed E-state index contributed by atoms with van der Waals surface area (Å²) in [5.41, 5.74) is 0.166. The van der Waals surface area contributed by atoms with Crippen LogP contribution in [-0.4, -0.2) is 23.3 Å². The average molecular weight is 440 g/mol. The quantitative estimate of drug-likeness (QED) is 0.286. The summed E-state index contributed by atoms with van der Waals surface area (Å²) >= 11 is 0. The van der Waals surface area contributed by atoms with E-state index in [-0.39, 0.29) is 11.3 Å². The number of H-pyrrole nitrogens is 1. The van der Waals surface area contributed by atoms with Gasteiger partial charge in [0.1, 0.15) is 11.3 Å². The first kappa shape index (κ1) is 21.1. The number of esters is 1. The molecule has 0 saturated carbocycles. The van der Waals surface area contributed by atoms with E-state index in [0.717, 1.165) is 7.11 Å². The molecule has 4 aromatic rings. The molecule has 0 aliphatic rings. The number of carbonyl (C=O) groups is 1. The normalized spacial score (nSPS) is 10.9. The fourth-order valence-corrected chi connectivity index (χ4v) is 3.29. The molecule has 0 aliphatic carbocycles. The maximum absolute atomic E-state index is 14.3. The Kier molecular flexibility index (Phi) is 5.63. The van der Waals surface area contributed by atoms with E-state index in [9.17, 15) is 22.8 Å². The lowest BCUT2D eigenvalue weighted by Gasteiger charge is -2.10. The molecule has 32 heavy (non-hydrogen) atoms. The van der Waals surface area contributed by atoms with Crippen LogP contribution in [0.4, 0.5) is 13.2 Å². The van der Waals surface area contributed by atoms with Crippen molar-refractivity contribution >= 4 is 16.7 Å². The highest BCUT2D eigenvalue weighted by Crippen LogP contribution is 2.28. The number of nitrogens with one attached hydrogen (secondary N) is 1. The van der Waals surface area contributed by atoms with E-state index in [2.05, 4.69) is 14.9 Å². The first-order valence-electron chi connectivity index (χ1n) is 9.38. The molecule has 6 nitrogen and oxygen atoms in total. The molecule has 0 unspecified atom stereocenters. The molecule has 1 heterocycles. The van der Waals surface area contributed by atoms with Gasteiger partial charge in [0, 0.05) is 11.8 Å². The molecule has 0 aliphatic heterocycles. The maximum Gasteiger partial charge on any atom is 0.346 e. The molecular weight excluding hydrogens is 425 g/mol. The SMILES string of the molecule is COc1c(F)c(F)cc(C(=O)Oc2cccc(Cc3n[nH]c(=O)c4ccccc34)c2)c1F. The number of benzene rings is 3. The molecule has 0 spiro atoms. The number of aromatic nitrogens is 2. The molecule has 0 atom stereocenters. The summed E-state index contributed by atoms with van der Waals surface area (Å²) in [7, 11) is 0.952. The molecule has 4 rings (SSSR count). The van der Waals surface area contributed by atoms with Crippen molar-refractivity contribution in [3.8, 4) is 11.5 Å². The Hall–Kier alpha value is -4.14. The van der Waals surface area contributed by atoms with Crippen molar-refractivity contribution in [2.45, 2.75) is 6.42 Å². The van der Waals surface area contributed by atoms with Crippen molar-refractivity contribution in [2.75, 3.05) is 7.11 Å². The first-order chi connectivity index (χ1) is 15.4. The van der Waals surface area contributed by atoms with Gasteiger partial charge in [0.2, 0.25) is 5.82 Å². The van der Waals surface area contributed by atoms with Crippen molar-refractivity contribution in [3.05, 3.63) is 99.2 Å². The standard InChI is InChI=1S/C23H15F3N2O4/c1-31-21-19(25)16(11-17(24)20(21)26)23(30)32-13-6-4-5-12(9-13)10-18-14-7-2-3-8-15(14)22(29)28-27-18/h2-9,11H,10H2,1H3,(H,28,29). The van der Waals surface area contributed by atoms with Gasteiger partial charge in [0.15, 0.2) is 17.4 Å². The van der Waals surface area contributed by atoms with Crippen LogP contribution in [0.25, 0.3) is 10.8 Å². The van der Waals surface area contributed by atoms with E-state index in [4.69, 9.17) is 4.74 Å². The Labute approximate surface area is 179 Å². The van der Waals surface area contributed by atoms with E-state index >= 15 is 0 Å². The van der Waals surface area contributed by atoms with E-state index < -0.39 is 34.7 Å². The van der Waals surface area contributed by atoms with Crippen molar-refractivity contribution in [3.63, 3.8) is 0 Å². The lowest BCUT2D eigenvalue weighted by Crippen LogP contribution is -2.13. The van der Waals surface area contributed by atoms with Gasteiger partial charge in [-0.05, 0) is 29.8 Å². The summed E-state index contributed by atoms with van der Waals surface area (Å²) in [4.78, 5) is 24.3. The van der Waals surface area contributed by atoms with Crippen molar-refractivity contribution in [2.24, 2.45) is 0 Å². The molecule has 0 fully saturated rings. The van der Waals surface area contributed by atoms with Gasteiger partial charge in [-0.25, -0.2) is 18.7 Å². The zero-order chi connectivity index (χ0) is 22.8. The zero-order valence-corrected chi connectivity index (χ0v) is 16.6. The number of fused-ring (bicyclic) bond motifs is 1. The second-order valence-electron chi connectivity index (χ2n) is 6.83. The number of carbonyl (C=O) groups excluding carboxylic acids is 1. The summed E-state index contributed by atoms with van der Waals surface area (Å²) in [5.74, 6) is -6.52. The Balaban J connectivity index is 1.61. The van der Waals surface area contributed by atoms with Gasteiger partial charge in [-0.1, -0.05) is 30.3 Å². The van der Waals surface area contributed by atoms with Crippen LogP contribution in [0.5, 0.6) is 11.5 Å². The van der Waals surface area contributed by atoms with Gasteiger partial charge in [-0.2, -0.15) is 9.49 Å². The highest BCUT2D eigenvalue weighted by molar-refractivity contribution is 5.92. The van der Waals surface area contributed by atoms with Gasteiger partial charge < -0.3 is 9.47 Å². The van der Waals surface area contributed by atoms with E-state index in [1.54, 1.807) is 36.4 Å². The highest BCUT2D eigenvalue weighted by atomic mass is 19.2. The molecule has 0 amide bonds. The van der Waals surface area contributed by atoms with Crippen molar-refractivity contribution < 1.29 is 27.4 Å². The summed E-state index contributed by atoms with van der Waals surface area (Å²) < 4.78 is 51.3. The predicted molar refractivity (Wildman–Crippen MR) is 109 cm³/mol. The number of ether oxygens (including phenoxy) is 2. The van der Waals surface area contributed by atoms with E-state index in [1.807, 2.05) is 0 Å². The van der Waals surface area contributed by atoms with E-state index in [0.29, 0.717) is 34.5 Å². The van der Waals surface area contributed by atoms with Crippen LogP contribution in [0, 0.1) is 17.5 Å². The van der Waals surface area contributed by atoms with Gasteiger partial charge in [-0.3, -0.25) is 4.79 Å². The van der Waals surface area contributed by atoms with Crippen LogP contribution in [0.15, 0.2) is 59.4 Å². The number of nitrogens with zero attached hydrogens (tertiary/aromatic N) is 1. The molecule has 0 radical (unpaired) electrons. The number of rotatable bonds is 5. The summed E-state index contributed by atoms with van der Waals surface area (Å²) in [5, 5.41) is 7.71. The fraction of sp³-hybridized carbons (Fsp3) is 0.0870. The number of methoxy groups -OCH3 is 1. The molecular formula is C23H15F3N2O4. The van der Waals surface area contributed by atoms with Crippen LogP contribution in [-0.2, 0) is 6.42 Å². The minimum Gasteiger partial charge on any atom is -0.491 e. The lowest BCUT2D eigenvalue weighted by molar-refractivity contribution is 0.0728. The van der Waals surface area contributed by atoms with Crippen LogP contribution in [0.2, 0.25) is 0 Å². The fourth-order valence-electron chi connectivity index (χ4n) is 3.29. The molecule has 0 bridgehead atoms. The Bertz CT molecular complexity index is 1400. The molecule has 162 valence electrons. The van der Waals surface area contributed by atoms with Crippen LogP contribution < -0.4 is 15.0 Å². The third-order valence-corrected chi connectivity index (χ3v) is 4.80. The Morgan fingerprint density at radius 3 is 2.50 bits per heavy atom. The highest BCUT2D eigenvalue weighted by Gasteiger charge is 2.25. The predicted octanol–water partition coefficient (Wildman–Crippen LogP) is 4.16. The Morgan fingerprint density at radius 1 is 1.00 bits per heavy atom. The average Bonchev–Trinajstić information content (AvgIpc) is 2.79. The maximum atomic E-state index is 14.3. The lowest BCUT2D eigenvalue weighted by atomic mass is 10.0. The van der Waals surface area contributed by atoms with Gasteiger partial charge in [0.05, 0.1) is 18.2 Å². The number of hydrogen-bond acceptors (Lipinski definition) is 5. The van der Waals surface area contributed by atoms with Crippen molar-refractivity contribution in [1.29, 1.82) is 0 Å². The second kappa shape index (κ2) is 8.54. The number of halogens is 3. The number of aromatic amines is 1. The smallest absolute Gasteiger partial charge is 0.346 e. The first-order valence-corrected chi connectivity index (χ1v) is 9.38. The largest absolute Gasteiger partial charge is 0.491 e. The minimum atomic E-state index is -1.54. The van der Waals surface area contributed by atoms with Crippen LogP contribution in [0.1, 0.15) is 21.6 Å². The molecule has 1 aromatic heterocycles. The summed E-state index contributed by atoms with van der Waals surface area (Å²) in [6.45, 7) is 0. The van der Waals surface area contributed by atoms with Crippen LogP contribution in [0.3, 0.4) is 0 Å². The molecule has 0 saturated heterocycles. The number of hydrogen-bond donors (Lipinski definition) is 1. The minimum absolute atomic E-state index is 0.0596. The third kappa shape index (κ3) is 3.92. The summed E-state index contributed by atoms with van der Waals surface area (Å²) in [6, 6.07) is 13.7. The monoisotopic (exact) mass is 440 g/mol. The molecule has 9 heteroatoms. The summed E-state index contributed by atoms with van der Waals surface area (Å²) in [6.07, 6.45) is 0.302. The topological polar surface area (TPSA) is 81.3 Å². The van der Waals surface area contributed by atoms with E-state index in [1.165, 1.54) is 12.1 Å². The zero-order valence-electron chi connectivity index (χ0n) is 16.6. The van der Waals surface area contributed by atoms with Crippen molar-refractivity contribution in [1.82, 2.24) is 10.2 Å². The van der Waals surface area contributed by atoms with Gasteiger partial charge in [0.25, 0.3) is 5.56 Å². The second-order valence-corrected chi connectivity index (χ2v) is 6.83. The van der Waals surface area contributed by atoms with Gasteiger partial charge in [-0.15, -0.1) is 0 Å². The molecule has 1 N–H and O–H groups in total.